The molecule has 0 aliphatic carbocycles. The van der Waals surface area contributed by atoms with Gasteiger partial charge >= 0.3 is 5.69 Å². The topological polar surface area (TPSA) is 106 Å². The lowest BCUT2D eigenvalue weighted by Crippen LogP contribution is -2.19. The lowest BCUT2D eigenvalue weighted by Gasteiger charge is -2.17. The van der Waals surface area contributed by atoms with Crippen LogP contribution in [0.15, 0.2) is 41.5 Å². The summed E-state index contributed by atoms with van der Waals surface area (Å²) in [6.45, 7) is 2.07. The fraction of sp³-hybridized carbons (Fsp3) is 0.300. The Balaban J connectivity index is 1.71. The molecule has 0 aromatic heterocycles. The van der Waals surface area contributed by atoms with Crippen LogP contribution in [0.2, 0.25) is 0 Å². The molecule has 152 valence electrons. The first kappa shape index (κ1) is 20.1. The lowest BCUT2D eigenvalue weighted by atomic mass is 10.1. The molecule has 29 heavy (non-hydrogen) atoms. The summed E-state index contributed by atoms with van der Waals surface area (Å²) in [5.41, 5.74) is 4.10. The minimum absolute atomic E-state index is 0.0751. The Morgan fingerprint density at radius 2 is 1.79 bits per heavy atom. The minimum Gasteiger partial charge on any atom is -0.496 e. The number of benzene rings is 2. The van der Waals surface area contributed by atoms with Crippen molar-refractivity contribution in [2.24, 2.45) is 5.10 Å². The SMILES string of the molecule is COc1cc(OC)c([N+](=O)[O-])cc1/C=N\NC(=O)c1ccc(N2CCCC2)cc1. The average Bonchev–Trinajstić information content (AvgIpc) is 3.28. The van der Waals surface area contributed by atoms with Gasteiger partial charge in [-0.3, -0.25) is 14.9 Å². The predicted octanol–water partition coefficient (Wildman–Crippen LogP) is 2.98. The summed E-state index contributed by atoms with van der Waals surface area (Å²) in [4.78, 5) is 25.2. The van der Waals surface area contributed by atoms with Gasteiger partial charge in [0.2, 0.25) is 5.75 Å². The summed E-state index contributed by atoms with van der Waals surface area (Å²) >= 11 is 0. The minimum atomic E-state index is -0.559. The third-order valence-corrected chi connectivity index (χ3v) is 4.70. The van der Waals surface area contributed by atoms with Crippen LogP contribution in [-0.2, 0) is 0 Å². The summed E-state index contributed by atoms with van der Waals surface area (Å²) in [5, 5.41) is 15.1. The Hall–Kier alpha value is -3.62. The monoisotopic (exact) mass is 398 g/mol. The maximum Gasteiger partial charge on any atom is 0.311 e. The van der Waals surface area contributed by atoms with E-state index in [0.29, 0.717) is 16.9 Å². The Labute approximate surface area is 168 Å². The van der Waals surface area contributed by atoms with E-state index in [1.807, 2.05) is 12.1 Å². The van der Waals surface area contributed by atoms with Crippen molar-refractivity contribution < 1.29 is 19.2 Å². The van der Waals surface area contributed by atoms with Gasteiger partial charge < -0.3 is 14.4 Å². The van der Waals surface area contributed by atoms with Crippen LogP contribution in [0.4, 0.5) is 11.4 Å². The second-order valence-corrected chi connectivity index (χ2v) is 6.46. The Bertz CT molecular complexity index is 921. The number of hydrogen-bond donors (Lipinski definition) is 1. The summed E-state index contributed by atoms with van der Waals surface area (Å²) in [6.07, 6.45) is 3.66. The molecule has 1 saturated heterocycles. The number of nitro benzene ring substituents is 1. The van der Waals surface area contributed by atoms with Gasteiger partial charge in [0.1, 0.15) is 5.75 Å². The zero-order valence-corrected chi connectivity index (χ0v) is 16.3. The van der Waals surface area contributed by atoms with E-state index in [2.05, 4.69) is 15.4 Å². The number of carbonyl (C=O) groups is 1. The summed E-state index contributed by atoms with van der Waals surface area (Å²) in [5.74, 6) is 0.0303. The number of rotatable bonds is 7. The van der Waals surface area contributed by atoms with Crippen LogP contribution >= 0.6 is 0 Å². The van der Waals surface area contributed by atoms with Crippen LogP contribution in [0.5, 0.6) is 11.5 Å². The van der Waals surface area contributed by atoms with E-state index in [0.717, 1.165) is 18.8 Å². The first-order chi connectivity index (χ1) is 14.0. The van der Waals surface area contributed by atoms with Gasteiger partial charge in [0, 0.05) is 42.0 Å². The van der Waals surface area contributed by atoms with Crippen molar-refractivity contribution in [3.63, 3.8) is 0 Å². The van der Waals surface area contributed by atoms with Gasteiger partial charge in [0.25, 0.3) is 5.91 Å². The van der Waals surface area contributed by atoms with Crippen molar-refractivity contribution in [3.05, 3.63) is 57.6 Å². The first-order valence-electron chi connectivity index (χ1n) is 9.12. The molecule has 3 rings (SSSR count). The summed E-state index contributed by atoms with van der Waals surface area (Å²) in [6, 6.07) is 10.0. The zero-order valence-electron chi connectivity index (χ0n) is 16.3. The molecule has 1 fully saturated rings. The number of nitrogens with zero attached hydrogens (tertiary/aromatic N) is 3. The number of carbonyl (C=O) groups excluding carboxylic acids is 1. The van der Waals surface area contributed by atoms with E-state index in [9.17, 15) is 14.9 Å². The highest BCUT2D eigenvalue weighted by molar-refractivity contribution is 5.95. The fourth-order valence-electron chi connectivity index (χ4n) is 3.17. The fourth-order valence-corrected chi connectivity index (χ4v) is 3.17. The molecular formula is C20H22N4O5. The molecule has 0 saturated carbocycles. The molecule has 0 bridgehead atoms. The smallest absolute Gasteiger partial charge is 0.311 e. The number of anilines is 1. The predicted molar refractivity (Wildman–Crippen MR) is 109 cm³/mol. The van der Waals surface area contributed by atoms with Crippen molar-refractivity contribution in [2.75, 3.05) is 32.2 Å². The second kappa shape index (κ2) is 9.05. The van der Waals surface area contributed by atoms with E-state index >= 15 is 0 Å². The average molecular weight is 398 g/mol. The molecular weight excluding hydrogens is 376 g/mol. The van der Waals surface area contributed by atoms with Crippen molar-refractivity contribution in [1.29, 1.82) is 0 Å². The van der Waals surface area contributed by atoms with E-state index in [1.54, 1.807) is 12.1 Å². The molecule has 0 atom stereocenters. The number of hydrogen-bond acceptors (Lipinski definition) is 7. The number of nitro groups is 1. The van der Waals surface area contributed by atoms with Crippen LogP contribution in [0.1, 0.15) is 28.8 Å². The number of ether oxygens (including phenoxy) is 2. The number of methoxy groups -OCH3 is 2. The van der Waals surface area contributed by atoms with Gasteiger partial charge in [-0.1, -0.05) is 0 Å². The molecule has 9 nitrogen and oxygen atoms in total. The van der Waals surface area contributed by atoms with Crippen LogP contribution in [-0.4, -0.2) is 44.4 Å². The van der Waals surface area contributed by atoms with Crippen molar-refractivity contribution in [3.8, 4) is 11.5 Å². The van der Waals surface area contributed by atoms with Gasteiger partial charge in [-0.2, -0.15) is 5.10 Å². The molecule has 1 aliphatic heterocycles. The van der Waals surface area contributed by atoms with Gasteiger partial charge in [0.15, 0.2) is 0 Å². The Morgan fingerprint density at radius 1 is 1.14 bits per heavy atom. The molecule has 1 heterocycles. The van der Waals surface area contributed by atoms with Crippen molar-refractivity contribution in [1.82, 2.24) is 5.43 Å². The summed E-state index contributed by atoms with van der Waals surface area (Å²) < 4.78 is 10.2. The van der Waals surface area contributed by atoms with Gasteiger partial charge in [-0.25, -0.2) is 5.43 Å². The van der Waals surface area contributed by atoms with Crippen LogP contribution in [0.3, 0.4) is 0 Å². The van der Waals surface area contributed by atoms with Crippen molar-refractivity contribution in [2.45, 2.75) is 12.8 Å². The standard InChI is InChI=1S/C20H22N4O5/c1-28-18-12-19(29-2)17(24(26)27)11-15(18)13-21-22-20(25)14-5-7-16(8-6-14)23-9-3-4-10-23/h5-8,11-13H,3-4,9-10H2,1-2H3,(H,22,25)/b21-13-. The van der Waals surface area contributed by atoms with Crippen LogP contribution in [0.25, 0.3) is 0 Å². The lowest BCUT2D eigenvalue weighted by molar-refractivity contribution is -0.385. The molecule has 2 aromatic rings. The highest BCUT2D eigenvalue weighted by Gasteiger charge is 2.19. The van der Waals surface area contributed by atoms with Gasteiger partial charge in [0.05, 0.1) is 25.4 Å². The maximum absolute atomic E-state index is 12.3. The van der Waals surface area contributed by atoms with Crippen molar-refractivity contribution >= 4 is 23.5 Å². The molecule has 0 spiro atoms. The molecule has 2 aromatic carbocycles. The Morgan fingerprint density at radius 3 is 2.38 bits per heavy atom. The van der Waals surface area contributed by atoms with Crippen LogP contribution < -0.4 is 19.8 Å². The quantitative estimate of drug-likeness (QED) is 0.437. The van der Waals surface area contributed by atoms with Crippen LogP contribution in [0, 0.1) is 10.1 Å². The van der Waals surface area contributed by atoms with Gasteiger partial charge in [-0.05, 0) is 37.1 Å². The largest absolute Gasteiger partial charge is 0.496 e. The third-order valence-electron chi connectivity index (χ3n) is 4.70. The molecule has 0 radical (unpaired) electrons. The zero-order chi connectivity index (χ0) is 20.8. The normalized spacial score (nSPS) is 13.5. The third kappa shape index (κ3) is 4.63. The highest BCUT2D eigenvalue weighted by atomic mass is 16.6. The van der Waals surface area contributed by atoms with E-state index in [1.165, 1.54) is 45.4 Å². The first-order valence-corrected chi connectivity index (χ1v) is 9.12. The number of hydrazone groups is 1. The van der Waals surface area contributed by atoms with E-state index in [4.69, 9.17) is 9.47 Å². The second-order valence-electron chi connectivity index (χ2n) is 6.46. The van der Waals surface area contributed by atoms with Gasteiger partial charge in [-0.15, -0.1) is 0 Å². The Kier molecular flexibility index (Phi) is 6.28. The number of nitrogens with one attached hydrogen (secondary N) is 1. The molecule has 1 N–H and O–H groups in total. The molecule has 1 aliphatic rings. The number of amides is 1. The molecule has 0 unspecified atom stereocenters. The molecule has 9 heteroatoms. The molecule has 1 amide bonds. The maximum atomic E-state index is 12.3. The summed E-state index contributed by atoms with van der Waals surface area (Å²) in [7, 11) is 2.77. The van der Waals surface area contributed by atoms with E-state index < -0.39 is 4.92 Å². The van der Waals surface area contributed by atoms with E-state index in [-0.39, 0.29) is 17.3 Å². The highest BCUT2D eigenvalue weighted by Crippen LogP contribution is 2.33.